The quantitative estimate of drug-likeness (QED) is 0.813. The molecule has 24 heavy (non-hydrogen) atoms. The largest absolute Gasteiger partial charge is 0.405 e. The van der Waals surface area contributed by atoms with Gasteiger partial charge in [0.15, 0.2) is 17.5 Å². The summed E-state index contributed by atoms with van der Waals surface area (Å²) < 4.78 is 50.0. The van der Waals surface area contributed by atoms with Gasteiger partial charge in [0.25, 0.3) is 0 Å². The van der Waals surface area contributed by atoms with Crippen molar-refractivity contribution in [1.29, 1.82) is 0 Å². The molecule has 0 saturated carbocycles. The Labute approximate surface area is 137 Å². The summed E-state index contributed by atoms with van der Waals surface area (Å²) in [7, 11) is 0. The molecule has 1 atom stereocenters. The van der Waals surface area contributed by atoms with E-state index in [-0.39, 0.29) is 14.5 Å². The van der Waals surface area contributed by atoms with Gasteiger partial charge in [-0.15, -0.1) is 0 Å². The van der Waals surface area contributed by atoms with Gasteiger partial charge < -0.3 is 10.6 Å². The molecule has 1 amide bonds. The van der Waals surface area contributed by atoms with Crippen LogP contribution in [0.25, 0.3) is 11.4 Å². The molecule has 6 nitrogen and oxygen atoms in total. The number of amides is 1. The summed E-state index contributed by atoms with van der Waals surface area (Å²) in [6, 6.07) is 2.09. The molecule has 0 radical (unpaired) electrons. The van der Waals surface area contributed by atoms with Crippen LogP contribution >= 0.6 is 0 Å². The molecule has 0 bridgehead atoms. The summed E-state index contributed by atoms with van der Waals surface area (Å²) in [6.07, 6.45) is -0.611. The van der Waals surface area contributed by atoms with E-state index in [4.69, 9.17) is 0 Å². The predicted molar refractivity (Wildman–Crippen MR) is 81.6 cm³/mol. The van der Waals surface area contributed by atoms with Crippen LogP contribution in [0.15, 0.2) is 30.7 Å². The maximum absolute atomic E-state index is 13.8. The van der Waals surface area contributed by atoms with Gasteiger partial charge in [-0.1, -0.05) is 0 Å². The van der Waals surface area contributed by atoms with Crippen LogP contribution in [0.3, 0.4) is 0 Å². The number of pyridine rings is 1. The number of hydrogen-bond donors (Lipinski definition) is 2. The van der Waals surface area contributed by atoms with Crippen molar-refractivity contribution in [3.8, 4) is 11.4 Å². The third-order valence-electron chi connectivity index (χ3n) is 2.89. The van der Waals surface area contributed by atoms with Crippen molar-refractivity contribution in [1.82, 2.24) is 20.3 Å². The number of alkyl halides is 3. The molecule has 2 aromatic rings. The minimum absolute atomic E-state index is 0. The first kappa shape index (κ1) is 17.6. The normalized spacial score (nSPS) is 12.5. The summed E-state index contributed by atoms with van der Waals surface area (Å²) in [5, 5.41) is 4.14. The van der Waals surface area contributed by atoms with Crippen LogP contribution in [0.5, 0.6) is 0 Å². The molecule has 2 aromatic heterocycles. The van der Waals surface area contributed by atoms with Gasteiger partial charge in [0.1, 0.15) is 12.6 Å². The summed E-state index contributed by atoms with van der Waals surface area (Å²) >= 11 is 0. The van der Waals surface area contributed by atoms with E-state index in [1.807, 2.05) is 0 Å². The Bertz CT molecular complexity index is 718. The highest BCUT2D eigenvalue weighted by Gasteiger charge is 2.29. The second-order valence-corrected chi connectivity index (χ2v) is 4.83. The van der Waals surface area contributed by atoms with Crippen molar-refractivity contribution >= 4 is 11.7 Å². The van der Waals surface area contributed by atoms with Crippen LogP contribution < -0.4 is 10.6 Å². The van der Waals surface area contributed by atoms with E-state index in [0.717, 1.165) is 6.20 Å². The van der Waals surface area contributed by atoms with Gasteiger partial charge in [0.2, 0.25) is 5.91 Å². The third kappa shape index (κ3) is 4.86. The van der Waals surface area contributed by atoms with Gasteiger partial charge in [0.05, 0.1) is 6.20 Å². The van der Waals surface area contributed by atoms with Crippen LogP contribution in [0.2, 0.25) is 0 Å². The van der Waals surface area contributed by atoms with Gasteiger partial charge >= 0.3 is 6.18 Å². The zero-order chi connectivity index (χ0) is 17.7. The molecule has 10 heteroatoms. The van der Waals surface area contributed by atoms with Crippen molar-refractivity contribution in [2.75, 3.05) is 11.9 Å². The molecule has 0 fully saturated rings. The van der Waals surface area contributed by atoms with Crippen molar-refractivity contribution in [2.45, 2.75) is 19.1 Å². The number of carbonyl (C=O) groups is 1. The van der Waals surface area contributed by atoms with E-state index >= 15 is 0 Å². The lowest BCUT2D eigenvalue weighted by Crippen LogP contribution is -2.42. The molecule has 132 valence electrons. The first-order chi connectivity index (χ1) is 11.3. The van der Waals surface area contributed by atoms with E-state index in [9.17, 15) is 22.4 Å². The van der Waals surface area contributed by atoms with Crippen LogP contribution in [-0.4, -0.2) is 39.6 Å². The Balaban J connectivity index is 0.00000312. The number of hydrogen-bond acceptors (Lipinski definition) is 5. The van der Waals surface area contributed by atoms with E-state index in [0.29, 0.717) is 5.56 Å². The monoisotopic (exact) mass is 347 g/mol. The Kier molecular flexibility index (Phi) is 5.27. The van der Waals surface area contributed by atoms with Crippen molar-refractivity contribution in [2.24, 2.45) is 0 Å². The first-order valence-electron chi connectivity index (χ1n) is 6.80. The van der Waals surface area contributed by atoms with Gasteiger partial charge in [-0.25, -0.2) is 14.4 Å². The number of rotatable bonds is 5. The van der Waals surface area contributed by atoms with Crippen LogP contribution in [0.1, 0.15) is 9.78 Å². The minimum Gasteiger partial charge on any atom is -0.356 e. The first-order valence-corrected chi connectivity index (χ1v) is 6.80. The fourth-order valence-corrected chi connectivity index (χ4v) is 1.72. The van der Waals surface area contributed by atoms with Crippen molar-refractivity contribution in [3.63, 3.8) is 0 Å². The van der Waals surface area contributed by atoms with Gasteiger partial charge in [-0.3, -0.25) is 9.78 Å². The highest BCUT2D eigenvalue weighted by Crippen LogP contribution is 2.18. The average molecular weight is 347 g/mol. The van der Waals surface area contributed by atoms with E-state index in [1.165, 1.54) is 19.3 Å². The number of anilines is 1. The lowest BCUT2D eigenvalue weighted by atomic mass is 10.2. The van der Waals surface area contributed by atoms with E-state index in [2.05, 4.69) is 20.3 Å². The minimum atomic E-state index is -4.52. The summed E-state index contributed by atoms with van der Waals surface area (Å²) in [6.45, 7) is -0.175. The van der Waals surface area contributed by atoms with Gasteiger partial charge in [0, 0.05) is 20.8 Å². The summed E-state index contributed by atoms with van der Waals surface area (Å²) in [5.41, 5.74) is 0.572. The molecule has 2 rings (SSSR count). The highest BCUT2D eigenvalue weighted by molar-refractivity contribution is 5.84. The smallest absolute Gasteiger partial charge is 0.356 e. The standard InChI is InChI=1S/C14H13F4N5O.2H2/c1-8(13(24)21-7-14(16,17)18)22-12-10(15)6-20-11(23-12)9-2-4-19-5-3-9;;/h2-6,8H,7H2,1H3,(H,21,24)(H,20,22,23);2*1H/t8-;;/m0../s1. The molecule has 0 unspecified atom stereocenters. The Morgan fingerprint density at radius 3 is 2.62 bits per heavy atom. The highest BCUT2D eigenvalue weighted by atomic mass is 19.4. The predicted octanol–water partition coefficient (Wildman–Crippen LogP) is 2.65. The van der Waals surface area contributed by atoms with E-state index < -0.39 is 30.5 Å². The molecular formula is C14H17F4N5O. The molecule has 0 saturated heterocycles. The van der Waals surface area contributed by atoms with Crippen molar-refractivity contribution < 1.29 is 25.2 Å². The van der Waals surface area contributed by atoms with Gasteiger partial charge in [-0.2, -0.15) is 13.2 Å². The Morgan fingerprint density at radius 1 is 1.33 bits per heavy atom. The Morgan fingerprint density at radius 2 is 2.00 bits per heavy atom. The lowest BCUT2D eigenvalue weighted by molar-refractivity contribution is -0.138. The molecule has 0 spiro atoms. The molecule has 0 aliphatic carbocycles. The number of nitrogens with zero attached hydrogens (tertiary/aromatic N) is 3. The molecule has 0 aliphatic rings. The zero-order valence-corrected chi connectivity index (χ0v) is 12.4. The summed E-state index contributed by atoms with van der Waals surface area (Å²) in [4.78, 5) is 23.2. The second-order valence-electron chi connectivity index (χ2n) is 4.83. The molecule has 2 heterocycles. The molecule has 0 aromatic carbocycles. The maximum atomic E-state index is 13.8. The number of halogens is 4. The fraction of sp³-hybridized carbons (Fsp3) is 0.286. The van der Waals surface area contributed by atoms with Crippen LogP contribution in [0, 0.1) is 5.82 Å². The number of nitrogens with one attached hydrogen (secondary N) is 2. The SMILES string of the molecule is C[C@H](Nc1nc(-c2ccncc2)ncc1F)C(=O)NCC(F)(F)F.[HH].[HH]. The number of aromatic nitrogens is 3. The second kappa shape index (κ2) is 7.20. The zero-order valence-electron chi connectivity index (χ0n) is 12.4. The van der Waals surface area contributed by atoms with Crippen LogP contribution in [0.4, 0.5) is 23.4 Å². The molecule has 0 aliphatic heterocycles. The number of carbonyl (C=O) groups excluding carboxylic acids is 1. The van der Waals surface area contributed by atoms with Crippen molar-refractivity contribution in [3.05, 3.63) is 36.5 Å². The van der Waals surface area contributed by atoms with Gasteiger partial charge in [-0.05, 0) is 19.1 Å². The molecule has 2 N–H and O–H groups in total. The maximum Gasteiger partial charge on any atom is 0.405 e. The average Bonchev–Trinajstić information content (AvgIpc) is 2.54. The third-order valence-corrected chi connectivity index (χ3v) is 2.89. The molecular weight excluding hydrogens is 330 g/mol. The topological polar surface area (TPSA) is 79.8 Å². The fourth-order valence-electron chi connectivity index (χ4n) is 1.72. The Hall–Kier alpha value is -2.78. The van der Waals surface area contributed by atoms with Crippen LogP contribution in [-0.2, 0) is 4.79 Å². The lowest BCUT2D eigenvalue weighted by Gasteiger charge is -2.16. The van der Waals surface area contributed by atoms with E-state index in [1.54, 1.807) is 17.4 Å². The summed E-state index contributed by atoms with van der Waals surface area (Å²) in [5.74, 6) is -1.87.